The summed E-state index contributed by atoms with van der Waals surface area (Å²) in [5.41, 5.74) is 8.60. The smallest absolute Gasteiger partial charge is 0.336 e. The lowest BCUT2D eigenvalue weighted by Crippen LogP contribution is -2.04. The number of nitrogens with one attached hydrogen (secondary N) is 1. The number of H-pyrrole nitrogens is 1. The maximum absolute atomic E-state index is 11.7. The Balaban J connectivity index is 2.02. The summed E-state index contributed by atoms with van der Waals surface area (Å²) in [6.45, 7) is 0.484. The normalized spacial score (nSPS) is 11.1. The van der Waals surface area contributed by atoms with E-state index in [0.717, 1.165) is 27.5 Å². The van der Waals surface area contributed by atoms with E-state index in [1.165, 1.54) is 6.07 Å². The number of nitrogens with two attached hydrogens (primary N) is 1. The number of hydrogen-bond donors (Lipinski definition) is 3. The number of aromatic carboxylic acids is 1. The van der Waals surface area contributed by atoms with Crippen molar-refractivity contribution in [3.8, 4) is 11.1 Å². The second-order valence-electron chi connectivity index (χ2n) is 6.19. The number of carboxylic acid groups (broad SMARTS) is 1. The van der Waals surface area contributed by atoms with Gasteiger partial charge in [-0.05, 0) is 45.0 Å². The molecule has 0 spiro atoms. The molecule has 0 saturated heterocycles. The predicted octanol–water partition coefficient (Wildman–Crippen LogP) is 3.51. The molecule has 4 aromatic rings. The fraction of sp³-hybridized carbons (Fsp3) is 0.0476. The SMILES string of the molecule is NCc1ccc(-c2ccc3c(C(=O)O)cc4cc(=O)[nH]cc4c3c2)cc1. The number of carboxylic acids is 1. The molecule has 4 rings (SSSR count). The zero-order valence-corrected chi connectivity index (χ0v) is 13.8. The fourth-order valence-electron chi connectivity index (χ4n) is 3.26. The molecule has 3 aromatic carbocycles. The van der Waals surface area contributed by atoms with E-state index in [9.17, 15) is 14.7 Å². The van der Waals surface area contributed by atoms with Crippen molar-refractivity contribution in [2.45, 2.75) is 6.54 Å². The van der Waals surface area contributed by atoms with Crippen LogP contribution >= 0.6 is 0 Å². The highest BCUT2D eigenvalue weighted by Gasteiger charge is 2.13. The van der Waals surface area contributed by atoms with Crippen LogP contribution in [0.3, 0.4) is 0 Å². The summed E-state index contributed by atoms with van der Waals surface area (Å²) >= 11 is 0. The molecule has 0 amide bonds. The average Bonchev–Trinajstić information content (AvgIpc) is 2.66. The van der Waals surface area contributed by atoms with Gasteiger partial charge in [0.25, 0.3) is 0 Å². The zero-order valence-electron chi connectivity index (χ0n) is 13.8. The summed E-state index contributed by atoms with van der Waals surface area (Å²) < 4.78 is 0. The number of fused-ring (bicyclic) bond motifs is 3. The molecule has 128 valence electrons. The van der Waals surface area contributed by atoms with Gasteiger partial charge in [-0.2, -0.15) is 0 Å². The third-order valence-corrected chi connectivity index (χ3v) is 4.61. The van der Waals surface area contributed by atoms with Gasteiger partial charge in [-0.3, -0.25) is 4.79 Å². The molecule has 0 aliphatic heterocycles. The fourth-order valence-corrected chi connectivity index (χ4v) is 3.26. The lowest BCUT2D eigenvalue weighted by atomic mass is 9.94. The van der Waals surface area contributed by atoms with E-state index in [-0.39, 0.29) is 11.1 Å². The van der Waals surface area contributed by atoms with E-state index in [1.807, 2.05) is 42.5 Å². The first kappa shape index (κ1) is 16.1. The highest BCUT2D eigenvalue weighted by atomic mass is 16.4. The van der Waals surface area contributed by atoms with Gasteiger partial charge in [-0.1, -0.05) is 36.4 Å². The van der Waals surface area contributed by atoms with E-state index in [1.54, 1.807) is 12.3 Å². The van der Waals surface area contributed by atoms with Gasteiger partial charge in [0.05, 0.1) is 5.56 Å². The number of rotatable bonds is 3. The third-order valence-electron chi connectivity index (χ3n) is 4.61. The monoisotopic (exact) mass is 344 g/mol. The van der Waals surface area contributed by atoms with Crippen LogP contribution in [0.1, 0.15) is 15.9 Å². The number of benzene rings is 3. The van der Waals surface area contributed by atoms with Crippen molar-refractivity contribution < 1.29 is 9.90 Å². The Morgan fingerprint density at radius 2 is 1.65 bits per heavy atom. The Hall–Kier alpha value is -3.44. The van der Waals surface area contributed by atoms with E-state index in [4.69, 9.17) is 5.73 Å². The molecule has 0 aliphatic carbocycles. The lowest BCUT2D eigenvalue weighted by Gasteiger charge is -2.10. The van der Waals surface area contributed by atoms with Crippen LogP contribution in [0.4, 0.5) is 0 Å². The van der Waals surface area contributed by atoms with E-state index in [0.29, 0.717) is 17.3 Å². The molecular formula is C21H16N2O3. The van der Waals surface area contributed by atoms with Crippen LogP contribution in [-0.2, 0) is 6.54 Å². The van der Waals surface area contributed by atoms with Crippen LogP contribution in [0.2, 0.25) is 0 Å². The number of aromatic nitrogens is 1. The van der Waals surface area contributed by atoms with Gasteiger partial charge in [0.2, 0.25) is 5.56 Å². The summed E-state index contributed by atoms with van der Waals surface area (Å²) in [4.78, 5) is 26.0. The Morgan fingerprint density at radius 3 is 2.35 bits per heavy atom. The molecule has 0 atom stereocenters. The van der Waals surface area contributed by atoms with Gasteiger partial charge >= 0.3 is 5.97 Å². The van der Waals surface area contributed by atoms with E-state index >= 15 is 0 Å². The highest BCUT2D eigenvalue weighted by Crippen LogP contribution is 2.32. The number of hydrogen-bond acceptors (Lipinski definition) is 3. The van der Waals surface area contributed by atoms with Gasteiger partial charge in [0.15, 0.2) is 0 Å². The summed E-state index contributed by atoms with van der Waals surface area (Å²) in [5, 5.41) is 12.4. The Bertz CT molecular complexity index is 1210. The summed E-state index contributed by atoms with van der Waals surface area (Å²) in [7, 11) is 0. The second-order valence-corrected chi connectivity index (χ2v) is 6.19. The Labute approximate surface area is 148 Å². The van der Waals surface area contributed by atoms with Gasteiger partial charge in [0, 0.05) is 24.2 Å². The van der Waals surface area contributed by atoms with Gasteiger partial charge in [-0.25, -0.2) is 4.79 Å². The molecule has 26 heavy (non-hydrogen) atoms. The molecule has 0 radical (unpaired) electrons. The average molecular weight is 344 g/mol. The molecule has 1 heterocycles. The first-order valence-corrected chi connectivity index (χ1v) is 8.19. The van der Waals surface area contributed by atoms with E-state index in [2.05, 4.69) is 4.98 Å². The Kier molecular flexibility index (Phi) is 3.78. The van der Waals surface area contributed by atoms with Crippen LogP contribution < -0.4 is 11.3 Å². The minimum Gasteiger partial charge on any atom is -0.478 e. The molecule has 0 bridgehead atoms. The van der Waals surface area contributed by atoms with Crippen molar-refractivity contribution in [2.75, 3.05) is 0 Å². The van der Waals surface area contributed by atoms with E-state index < -0.39 is 5.97 Å². The largest absolute Gasteiger partial charge is 0.478 e. The highest BCUT2D eigenvalue weighted by molar-refractivity contribution is 6.16. The minimum absolute atomic E-state index is 0.183. The molecule has 0 aliphatic rings. The number of aromatic amines is 1. The topological polar surface area (TPSA) is 96.2 Å². The third kappa shape index (κ3) is 2.64. The summed E-state index contributed by atoms with van der Waals surface area (Å²) in [6, 6.07) is 16.6. The second kappa shape index (κ2) is 6.13. The molecular weight excluding hydrogens is 328 g/mol. The zero-order chi connectivity index (χ0) is 18.3. The molecule has 5 nitrogen and oxygen atoms in total. The van der Waals surface area contributed by atoms with Crippen molar-refractivity contribution >= 4 is 27.5 Å². The summed E-state index contributed by atoms with van der Waals surface area (Å²) in [6.07, 6.45) is 1.63. The van der Waals surface area contributed by atoms with Crippen LogP contribution in [0.15, 0.2) is 65.6 Å². The summed E-state index contributed by atoms with van der Waals surface area (Å²) in [5.74, 6) is -1.02. The quantitative estimate of drug-likeness (QED) is 0.496. The van der Waals surface area contributed by atoms with Gasteiger partial charge in [0.1, 0.15) is 0 Å². The molecule has 1 aromatic heterocycles. The molecule has 0 unspecified atom stereocenters. The van der Waals surface area contributed by atoms with Crippen molar-refractivity contribution in [1.82, 2.24) is 4.98 Å². The van der Waals surface area contributed by atoms with Gasteiger partial charge in [-0.15, -0.1) is 0 Å². The van der Waals surface area contributed by atoms with Crippen LogP contribution in [-0.4, -0.2) is 16.1 Å². The molecule has 0 fully saturated rings. The predicted molar refractivity (Wildman–Crippen MR) is 102 cm³/mol. The van der Waals surface area contributed by atoms with Crippen LogP contribution in [0.5, 0.6) is 0 Å². The minimum atomic E-state index is -1.02. The van der Waals surface area contributed by atoms with Crippen molar-refractivity contribution in [3.05, 3.63) is 82.3 Å². The maximum atomic E-state index is 11.7. The number of carbonyl (C=O) groups is 1. The molecule has 4 N–H and O–H groups in total. The van der Waals surface area contributed by atoms with Crippen LogP contribution in [0, 0.1) is 0 Å². The van der Waals surface area contributed by atoms with Gasteiger partial charge < -0.3 is 15.8 Å². The molecule has 5 heteroatoms. The Morgan fingerprint density at radius 1 is 0.923 bits per heavy atom. The first-order valence-electron chi connectivity index (χ1n) is 8.19. The van der Waals surface area contributed by atoms with Crippen molar-refractivity contribution in [3.63, 3.8) is 0 Å². The lowest BCUT2D eigenvalue weighted by molar-refractivity contribution is 0.0699. The molecule has 0 saturated carbocycles. The standard InChI is InChI=1S/C21H16N2O3/c22-10-12-1-3-13(4-2-12)14-5-6-16-17(7-14)19-11-23-20(24)9-15(19)8-18(16)21(25)26/h1-9,11H,10,22H2,(H,23,24)(H,25,26). The van der Waals surface area contributed by atoms with Crippen LogP contribution in [0.25, 0.3) is 32.7 Å². The van der Waals surface area contributed by atoms with Crippen molar-refractivity contribution in [1.29, 1.82) is 0 Å². The number of pyridine rings is 1. The van der Waals surface area contributed by atoms with Crippen molar-refractivity contribution in [2.24, 2.45) is 5.73 Å². The first-order chi connectivity index (χ1) is 12.6. The maximum Gasteiger partial charge on any atom is 0.336 e.